The molecule has 0 aliphatic heterocycles. The molecule has 0 rings (SSSR count). The number of amides is 1. The zero-order chi connectivity index (χ0) is 7.82. The van der Waals surface area contributed by atoms with Gasteiger partial charge < -0.3 is 9.64 Å². The zero-order valence-electron chi connectivity index (χ0n) is 6.67. The first-order valence-corrected chi connectivity index (χ1v) is 3.54. The highest BCUT2D eigenvalue weighted by Gasteiger charge is 1.91. The van der Waals surface area contributed by atoms with Crippen molar-refractivity contribution >= 4 is 6.41 Å². The van der Waals surface area contributed by atoms with E-state index in [2.05, 4.69) is 0 Å². The molecule has 0 aliphatic rings. The SMILES string of the molecule is CCOCCCN(C)C=O. The minimum Gasteiger partial charge on any atom is -0.382 e. The number of carbonyl (C=O) groups excluding carboxylic acids is 1. The topological polar surface area (TPSA) is 29.5 Å². The van der Waals surface area contributed by atoms with Crippen LogP contribution >= 0.6 is 0 Å². The van der Waals surface area contributed by atoms with Gasteiger partial charge in [0.25, 0.3) is 0 Å². The number of hydrogen-bond acceptors (Lipinski definition) is 2. The summed E-state index contributed by atoms with van der Waals surface area (Å²) in [5, 5.41) is 0. The standard InChI is InChI=1S/C7H15NO2/c1-3-10-6-4-5-8(2)7-9/h7H,3-6H2,1-2H3. The summed E-state index contributed by atoms with van der Waals surface area (Å²) in [6, 6.07) is 0. The summed E-state index contributed by atoms with van der Waals surface area (Å²) in [6.45, 7) is 4.24. The van der Waals surface area contributed by atoms with Gasteiger partial charge in [-0.05, 0) is 13.3 Å². The normalized spacial score (nSPS) is 9.40. The Labute approximate surface area is 62.0 Å². The van der Waals surface area contributed by atoms with Gasteiger partial charge in [-0.3, -0.25) is 4.79 Å². The van der Waals surface area contributed by atoms with Gasteiger partial charge in [-0.25, -0.2) is 0 Å². The average Bonchev–Trinajstić information content (AvgIpc) is 1.98. The van der Waals surface area contributed by atoms with Gasteiger partial charge in [0.05, 0.1) is 0 Å². The van der Waals surface area contributed by atoms with Crippen LogP contribution in [0.5, 0.6) is 0 Å². The Kier molecular flexibility index (Phi) is 6.18. The third-order valence-electron chi connectivity index (χ3n) is 1.18. The lowest BCUT2D eigenvalue weighted by molar-refractivity contribution is -0.117. The van der Waals surface area contributed by atoms with Crippen molar-refractivity contribution in [2.45, 2.75) is 13.3 Å². The Morgan fingerprint density at radius 1 is 1.60 bits per heavy atom. The van der Waals surface area contributed by atoms with E-state index in [1.807, 2.05) is 6.92 Å². The third-order valence-corrected chi connectivity index (χ3v) is 1.18. The number of ether oxygens (including phenoxy) is 1. The Morgan fingerprint density at radius 3 is 2.80 bits per heavy atom. The fraction of sp³-hybridized carbons (Fsp3) is 0.857. The lowest BCUT2D eigenvalue weighted by atomic mass is 10.4. The lowest BCUT2D eigenvalue weighted by Crippen LogP contribution is -2.18. The third kappa shape index (κ3) is 5.56. The van der Waals surface area contributed by atoms with Crippen LogP contribution in [0, 0.1) is 0 Å². The van der Waals surface area contributed by atoms with Gasteiger partial charge in [0, 0.05) is 26.8 Å². The van der Waals surface area contributed by atoms with E-state index in [1.165, 1.54) is 0 Å². The highest BCUT2D eigenvalue weighted by atomic mass is 16.5. The monoisotopic (exact) mass is 145 g/mol. The Morgan fingerprint density at radius 2 is 2.30 bits per heavy atom. The summed E-state index contributed by atoms with van der Waals surface area (Å²) in [7, 11) is 1.76. The average molecular weight is 145 g/mol. The van der Waals surface area contributed by atoms with E-state index in [-0.39, 0.29) is 0 Å². The molecule has 0 saturated carbocycles. The molecule has 0 aromatic rings. The van der Waals surface area contributed by atoms with E-state index >= 15 is 0 Å². The van der Waals surface area contributed by atoms with Gasteiger partial charge >= 0.3 is 0 Å². The smallest absolute Gasteiger partial charge is 0.209 e. The van der Waals surface area contributed by atoms with Gasteiger partial charge in [0.2, 0.25) is 6.41 Å². The molecular formula is C7H15NO2. The maximum atomic E-state index is 10.1. The summed E-state index contributed by atoms with van der Waals surface area (Å²) >= 11 is 0. The first kappa shape index (κ1) is 9.43. The quantitative estimate of drug-likeness (QED) is 0.402. The van der Waals surface area contributed by atoms with Crippen molar-refractivity contribution < 1.29 is 9.53 Å². The van der Waals surface area contributed by atoms with Gasteiger partial charge in [0.1, 0.15) is 0 Å². The van der Waals surface area contributed by atoms with E-state index in [1.54, 1.807) is 11.9 Å². The van der Waals surface area contributed by atoms with Crippen LogP contribution in [-0.4, -0.2) is 38.1 Å². The Bertz CT molecular complexity index is 85.7. The van der Waals surface area contributed by atoms with E-state index < -0.39 is 0 Å². The van der Waals surface area contributed by atoms with Crippen molar-refractivity contribution in [3.8, 4) is 0 Å². The molecule has 0 unspecified atom stereocenters. The number of rotatable bonds is 6. The first-order chi connectivity index (χ1) is 4.81. The Hall–Kier alpha value is -0.570. The van der Waals surface area contributed by atoms with Crippen LogP contribution in [0.3, 0.4) is 0 Å². The molecule has 0 radical (unpaired) electrons. The maximum Gasteiger partial charge on any atom is 0.209 e. The summed E-state index contributed by atoms with van der Waals surface area (Å²) in [5.74, 6) is 0. The minimum absolute atomic E-state index is 0.745. The number of hydrogen-bond donors (Lipinski definition) is 0. The summed E-state index contributed by atoms with van der Waals surface area (Å²) in [5.41, 5.74) is 0. The van der Waals surface area contributed by atoms with Crippen LogP contribution in [-0.2, 0) is 9.53 Å². The molecular weight excluding hydrogens is 130 g/mol. The van der Waals surface area contributed by atoms with Gasteiger partial charge in [-0.2, -0.15) is 0 Å². The molecule has 0 spiro atoms. The summed E-state index contributed by atoms with van der Waals surface area (Å²) in [6.07, 6.45) is 1.75. The summed E-state index contributed by atoms with van der Waals surface area (Å²) < 4.78 is 5.09. The second-order valence-electron chi connectivity index (χ2n) is 2.14. The van der Waals surface area contributed by atoms with E-state index in [0.717, 1.165) is 32.6 Å². The fourth-order valence-electron chi connectivity index (χ4n) is 0.613. The fourth-order valence-corrected chi connectivity index (χ4v) is 0.613. The van der Waals surface area contributed by atoms with Crippen LogP contribution in [0.2, 0.25) is 0 Å². The second-order valence-corrected chi connectivity index (χ2v) is 2.14. The highest BCUT2D eigenvalue weighted by molar-refractivity contribution is 5.46. The van der Waals surface area contributed by atoms with E-state index in [0.29, 0.717) is 0 Å². The van der Waals surface area contributed by atoms with Crippen molar-refractivity contribution in [3.05, 3.63) is 0 Å². The molecule has 0 fully saturated rings. The molecule has 0 heterocycles. The van der Waals surface area contributed by atoms with Crippen molar-refractivity contribution in [2.75, 3.05) is 26.8 Å². The van der Waals surface area contributed by atoms with Crippen LogP contribution < -0.4 is 0 Å². The predicted molar refractivity (Wildman–Crippen MR) is 39.8 cm³/mol. The first-order valence-electron chi connectivity index (χ1n) is 3.54. The zero-order valence-corrected chi connectivity index (χ0v) is 6.67. The molecule has 0 atom stereocenters. The van der Waals surface area contributed by atoms with Crippen molar-refractivity contribution in [2.24, 2.45) is 0 Å². The Balaban J connectivity index is 2.95. The molecule has 0 aromatic heterocycles. The van der Waals surface area contributed by atoms with Crippen LogP contribution in [0.4, 0.5) is 0 Å². The molecule has 3 heteroatoms. The highest BCUT2D eigenvalue weighted by Crippen LogP contribution is 1.84. The number of nitrogens with zero attached hydrogens (tertiary/aromatic N) is 1. The predicted octanol–water partition coefficient (Wildman–Crippen LogP) is 0.501. The molecule has 60 valence electrons. The van der Waals surface area contributed by atoms with Crippen LogP contribution in [0.15, 0.2) is 0 Å². The lowest BCUT2D eigenvalue weighted by Gasteiger charge is -2.08. The second kappa shape index (κ2) is 6.55. The molecule has 0 aliphatic carbocycles. The molecule has 0 N–H and O–H groups in total. The van der Waals surface area contributed by atoms with E-state index in [4.69, 9.17) is 4.74 Å². The molecule has 3 nitrogen and oxygen atoms in total. The van der Waals surface area contributed by atoms with Crippen LogP contribution in [0.25, 0.3) is 0 Å². The van der Waals surface area contributed by atoms with E-state index in [9.17, 15) is 4.79 Å². The number of carbonyl (C=O) groups is 1. The van der Waals surface area contributed by atoms with Gasteiger partial charge in [0.15, 0.2) is 0 Å². The largest absolute Gasteiger partial charge is 0.382 e. The molecule has 0 bridgehead atoms. The van der Waals surface area contributed by atoms with Gasteiger partial charge in [-0.15, -0.1) is 0 Å². The molecule has 0 saturated heterocycles. The molecule has 10 heavy (non-hydrogen) atoms. The van der Waals surface area contributed by atoms with Crippen molar-refractivity contribution in [1.82, 2.24) is 4.90 Å². The van der Waals surface area contributed by atoms with Gasteiger partial charge in [-0.1, -0.05) is 0 Å². The van der Waals surface area contributed by atoms with Crippen molar-refractivity contribution in [1.29, 1.82) is 0 Å². The maximum absolute atomic E-state index is 10.1. The minimum atomic E-state index is 0.745. The molecule has 1 amide bonds. The van der Waals surface area contributed by atoms with Crippen LogP contribution in [0.1, 0.15) is 13.3 Å². The van der Waals surface area contributed by atoms with Crippen molar-refractivity contribution in [3.63, 3.8) is 0 Å². The summed E-state index contributed by atoms with van der Waals surface area (Å²) in [4.78, 5) is 11.7. The molecule has 0 aromatic carbocycles.